The van der Waals surface area contributed by atoms with Crippen molar-refractivity contribution in [1.82, 2.24) is 4.57 Å². The van der Waals surface area contributed by atoms with E-state index >= 15 is 0 Å². The predicted molar refractivity (Wildman–Crippen MR) is 159 cm³/mol. The van der Waals surface area contributed by atoms with Gasteiger partial charge in [-0.25, -0.2) is 14.2 Å². The molecule has 3 aromatic carbocycles. The van der Waals surface area contributed by atoms with Crippen LogP contribution in [0.2, 0.25) is 0 Å². The number of aromatic nitrogens is 1. The second kappa shape index (κ2) is 10.7. The number of carbonyl (C=O) groups excluding carboxylic acids is 2. The lowest BCUT2D eigenvalue weighted by Gasteiger charge is -2.25. The molecule has 0 bridgehead atoms. The van der Waals surface area contributed by atoms with Crippen LogP contribution in [0.15, 0.2) is 92.6 Å². The zero-order valence-corrected chi connectivity index (χ0v) is 24.5. The van der Waals surface area contributed by atoms with Gasteiger partial charge in [-0.1, -0.05) is 69.7 Å². The van der Waals surface area contributed by atoms with Crippen LogP contribution in [-0.4, -0.2) is 29.6 Å². The first kappa shape index (κ1) is 27.0. The molecule has 4 aromatic rings. The summed E-state index contributed by atoms with van der Waals surface area (Å²) in [6.07, 6.45) is 0. The van der Waals surface area contributed by atoms with E-state index in [1.807, 2.05) is 55.5 Å². The molecule has 41 heavy (non-hydrogen) atoms. The Morgan fingerprint density at radius 3 is 2.46 bits per heavy atom. The van der Waals surface area contributed by atoms with E-state index in [-0.39, 0.29) is 28.2 Å². The highest BCUT2D eigenvalue weighted by Gasteiger charge is 2.38. The highest BCUT2D eigenvalue weighted by atomic mass is 79.9. The van der Waals surface area contributed by atoms with Crippen molar-refractivity contribution in [1.29, 1.82) is 0 Å². The van der Waals surface area contributed by atoms with E-state index in [4.69, 9.17) is 9.73 Å². The van der Waals surface area contributed by atoms with E-state index in [0.717, 1.165) is 15.8 Å². The summed E-state index contributed by atoms with van der Waals surface area (Å²) < 4.78 is 21.9. The molecule has 1 atom stereocenters. The summed E-state index contributed by atoms with van der Waals surface area (Å²) in [6.45, 7) is 4.12. The van der Waals surface area contributed by atoms with E-state index in [2.05, 4.69) is 15.9 Å². The minimum atomic E-state index is -0.962. The van der Waals surface area contributed by atoms with Crippen molar-refractivity contribution in [2.45, 2.75) is 19.9 Å². The molecule has 7 nitrogen and oxygen atoms in total. The van der Waals surface area contributed by atoms with Crippen molar-refractivity contribution in [3.05, 3.63) is 125 Å². The number of halogens is 2. The SMILES string of the molecule is CCOC(=O)C1=C(c2ccccc2)N=c2s/c(=C3/C(=O)N(CC)c4ccc(Br)cc43)c(=O)n2[C@H]1c1ccc(F)cc1. The molecule has 0 spiro atoms. The van der Waals surface area contributed by atoms with Gasteiger partial charge in [-0.2, -0.15) is 0 Å². The summed E-state index contributed by atoms with van der Waals surface area (Å²) in [5.41, 5.74) is 2.85. The van der Waals surface area contributed by atoms with Gasteiger partial charge in [-0.15, -0.1) is 0 Å². The molecule has 1 amide bonds. The van der Waals surface area contributed by atoms with Crippen LogP contribution in [0.5, 0.6) is 0 Å². The van der Waals surface area contributed by atoms with Crippen LogP contribution < -0.4 is 19.8 Å². The number of anilines is 1. The third kappa shape index (κ3) is 4.47. The van der Waals surface area contributed by atoms with Crippen LogP contribution >= 0.6 is 27.3 Å². The zero-order valence-electron chi connectivity index (χ0n) is 22.1. The molecule has 0 saturated heterocycles. The molecule has 2 aliphatic heterocycles. The molecule has 10 heteroatoms. The van der Waals surface area contributed by atoms with Crippen LogP contribution in [0.1, 0.15) is 36.6 Å². The maximum absolute atomic E-state index is 14.3. The largest absolute Gasteiger partial charge is 0.463 e. The van der Waals surface area contributed by atoms with E-state index in [1.165, 1.54) is 16.7 Å². The summed E-state index contributed by atoms with van der Waals surface area (Å²) in [7, 11) is 0. The number of ether oxygens (including phenoxy) is 1. The molecule has 3 heterocycles. The predicted octanol–water partition coefficient (Wildman–Crippen LogP) is 4.57. The molecular formula is C31H23BrFN3O4S. The van der Waals surface area contributed by atoms with Crippen molar-refractivity contribution >= 4 is 56.1 Å². The Morgan fingerprint density at radius 2 is 1.78 bits per heavy atom. The monoisotopic (exact) mass is 631 g/mol. The van der Waals surface area contributed by atoms with E-state index < -0.39 is 23.4 Å². The minimum absolute atomic E-state index is 0.113. The highest BCUT2D eigenvalue weighted by molar-refractivity contribution is 9.10. The average Bonchev–Trinajstić information content (AvgIpc) is 3.44. The molecule has 0 saturated carbocycles. The molecule has 0 N–H and O–H groups in total. The number of hydrogen-bond donors (Lipinski definition) is 0. The van der Waals surface area contributed by atoms with E-state index in [0.29, 0.717) is 39.4 Å². The van der Waals surface area contributed by atoms with Crippen LogP contribution in [0.25, 0.3) is 11.3 Å². The van der Waals surface area contributed by atoms with Gasteiger partial charge in [-0.05, 0) is 49.7 Å². The first-order valence-corrected chi connectivity index (χ1v) is 14.6. The number of rotatable bonds is 5. The minimum Gasteiger partial charge on any atom is -0.463 e. The molecule has 206 valence electrons. The number of carbonyl (C=O) groups is 2. The van der Waals surface area contributed by atoms with Gasteiger partial charge < -0.3 is 9.64 Å². The lowest BCUT2D eigenvalue weighted by molar-refractivity contribution is -0.138. The molecule has 6 rings (SSSR count). The number of thiazole rings is 1. The summed E-state index contributed by atoms with van der Waals surface area (Å²) >= 11 is 4.59. The van der Waals surface area contributed by atoms with Gasteiger partial charge in [0.15, 0.2) is 4.80 Å². The molecule has 0 aliphatic carbocycles. The smallest absolute Gasteiger partial charge is 0.338 e. The number of amides is 1. The van der Waals surface area contributed by atoms with Gasteiger partial charge in [-0.3, -0.25) is 14.2 Å². The van der Waals surface area contributed by atoms with Crippen LogP contribution in [0.4, 0.5) is 10.1 Å². The van der Waals surface area contributed by atoms with Gasteiger partial charge >= 0.3 is 5.97 Å². The van der Waals surface area contributed by atoms with Crippen molar-refractivity contribution in [3.8, 4) is 0 Å². The van der Waals surface area contributed by atoms with Crippen molar-refractivity contribution < 1.29 is 18.7 Å². The zero-order chi connectivity index (χ0) is 28.8. The summed E-state index contributed by atoms with van der Waals surface area (Å²) in [4.78, 5) is 48.3. The fourth-order valence-corrected chi connectivity index (χ4v) is 6.74. The quantitative estimate of drug-likeness (QED) is 0.302. The molecule has 2 aliphatic rings. The Balaban J connectivity index is 1.72. The highest BCUT2D eigenvalue weighted by Crippen LogP contribution is 2.38. The number of likely N-dealkylation sites (N-methyl/N-ethyl adjacent to an activating group) is 1. The first-order valence-electron chi connectivity index (χ1n) is 13.0. The molecule has 1 aromatic heterocycles. The third-order valence-electron chi connectivity index (χ3n) is 7.06. The van der Waals surface area contributed by atoms with Gasteiger partial charge in [0.2, 0.25) is 0 Å². The maximum atomic E-state index is 14.3. The fourth-order valence-electron chi connectivity index (χ4n) is 5.29. The van der Waals surface area contributed by atoms with Gasteiger partial charge in [0, 0.05) is 22.1 Å². The fraction of sp³-hybridized carbons (Fsp3) is 0.161. The van der Waals surface area contributed by atoms with E-state index in [9.17, 15) is 18.8 Å². The normalized spacial score (nSPS) is 17.3. The topological polar surface area (TPSA) is 81.0 Å². The van der Waals surface area contributed by atoms with Crippen LogP contribution in [-0.2, 0) is 14.3 Å². The molecule has 0 radical (unpaired) electrons. The number of benzene rings is 3. The number of nitrogens with zero attached hydrogens (tertiary/aromatic N) is 3. The lowest BCUT2D eigenvalue weighted by Crippen LogP contribution is -2.41. The average molecular weight is 633 g/mol. The summed E-state index contributed by atoms with van der Waals surface area (Å²) in [5.74, 6) is -1.37. The molecular weight excluding hydrogens is 609 g/mol. The summed E-state index contributed by atoms with van der Waals surface area (Å²) in [6, 6.07) is 19.4. The van der Waals surface area contributed by atoms with Gasteiger partial charge in [0.05, 0.1) is 35.2 Å². The van der Waals surface area contributed by atoms with Crippen LogP contribution in [0, 0.1) is 5.82 Å². The van der Waals surface area contributed by atoms with Gasteiger partial charge in [0.1, 0.15) is 10.3 Å². The van der Waals surface area contributed by atoms with Crippen molar-refractivity contribution in [2.75, 3.05) is 18.1 Å². The number of esters is 1. The second-order valence-electron chi connectivity index (χ2n) is 9.39. The van der Waals surface area contributed by atoms with Crippen LogP contribution in [0.3, 0.4) is 0 Å². The molecule has 0 fully saturated rings. The Bertz CT molecular complexity index is 1930. The van der Waals surface area contributed by atoms with Gasteiger partial charge in [0.25, 0.3) is 11.5 Å². The summed E-state index contributed by atoms with van der Waals surface area (Å²) in [5, 5.41) is 0. The van der Waals surface area contributed by atoms with E-state index in [1.54, 1.807) is 24.0 Å². The number of fused-ring (bicyclic) bond motifs is 2. The second-order valence-corrected chi connectivity index (χ2v) is 11.3. The Hall–Kier alpha value is -4.15. The Morgan fingerprint density at radius 1 is 1.05 bits per heavy atom. The molecule has 0 unspecified atom stereocenters. The standard InChI is InChI=1S/C31H23BrFN3O4S/c1-3-35-22-15-12-19(32)16-21(22)23(28(35)37)27-29(38)36-26(18-10-13-20(33)14-11-18)24(30(39)40-4-2)25(34-31(36)41-27)17-8-6-5-7-9-17/h5-16,26H,3-4H2,1-2H3/b27-23+/t26-/m0/s1. The first-order chi connectivity index (χ1) is 19.8. The van der Waals surface area contributed by atoms with Crippen molar-refractivity contribution in [3.63, 3.8) is 0 Å². The lowest BCUT2D eigenvalue weighted by atomic mass is 9.93. The number of hydrogen-bond acceptors (Lipinski definition) is 6. The Labute approximate surface area is 246 Å². The van der Waals surface area contributed by atoms with Crippen molar-refractivity contribution in [2.24, 2.45) is 4.99 Å². The third-order valence-corrected chi connectivity index (χ3v) is 8.60. The maximum Gasteiger partial charge on any atom is 0.338 e. The Kier molecular flexibility index (Phi) is 7.04.